The predicted octanol–water partition coefficient (Wildman–Crippen LogP) is 6.58. The number of aliphatic hydroxyl groups excluding tert-OH is 2. The Morgan fingerprint density at radius 2 is 1.69 bits per heavy atom. The number of carboxylic acids is 1. The van der Waals surface area contributed by atoms with E-state index in [2.05, 4.69) is 12.1 Å². The second-order valence-electron chi connectivity index (χ2n) is 10.1. The van der Waals surface area contributed by atoms with E-state index in [1.807, 2.05) is 12.1 Å². The third-order valence-electron chi connectivity index (χ3n) is 7.76. The fourth-order valence-corrected chi connectivity index (χ4v) is 6.34. The van der Waals surface area contributed by atoms with Gasteiger partial charge in [0.25, 0.3) is 0 Å². The van der Waals surface area contributed by atoms with Gasteiger partial charge >= 0.3 is 5.97 Å². The Kier molecular flexibility index (Phi) is 10.3. The molecule has 0 heterocycles. The highest BCUT2D eigenvalue weighted by molar-refractivity contribution is 6.21. The van der Waals surface area contributed by atoms with Crippen LogP contribution in [0.25, 0.3) is 0 Å². The van der Waals surface area contributed by atoms with Crippen molar-refractivity contribution in [3.05, 3.63) is 35.4 Å². The van der Waals surface area contributed by atoms with Crippen molar-refractivity contribution >= 4 is 17.6 Å². The maximum absolute atomic E-state index is 10.7. The van der Waals surface area contributed by atoms with Gasteiger partial charge in [0.2, 0.25) is 0 Å². The van der Waals surface area contributed by atoms with Crippen molar-refractivity contribution < 1.29 is 20.1 Å². The summed E-state index contributed by atoms with van der Waals surface area (Å²) < 4.78 is 0. The molecule has 5 atom stereocenters. The van der Waals surface area contributed by atoms with Gasteiger partial charge in [-0.05, 0) is 55.1 Å². The third-order valence-corrected chi connectivity index (χ3v) is 8.27. The van der Waals surface area contributed by atoms with Crippen LogP contribution in [0.2, 0.25) is 0 Å². The molecule has 3 rings (SSSR count). The van der Waals surface area contributed by atoms with E-state index in [1.165, 1.54) is 32.1 Å². The van der Waals surface area contributed by atoms with Crippen molar-refractivity contribution in [2.45, 2.75) is 113 Å². The molecule has 0 aromatic heterocycles. The average Bonchev–Trinajstić information content (AvgIpc) is 3.07. The molecule has 4 nitrogen and oxygen atoms in total. The molecular weight excluding hydrogens is 424 g/mol. The lowest BCUT2D eigenvalue weighted by Gasteiger charge is -2.25. The van der Waals surface area contributed by atoms with Crippen LogP contribution in [0.1, 0.15) is 113 Å². The van der Waals surface area contributed by atoms with Crippen LogP contribution in [0.4, 0.5) is 0 Å². The van der Waals surface area contributed by atoms with Gasteiger partial charge < -0.3 is 15.3 Å². The molecule has 0 radical (unpaired) electrons. The summed E-state index contributed by atoms with van der Waals surface area (Å²) in [6, 6.07) is 8.19. The Morgan fingerprint density at radius 3 is 2.38 bits per heavy atom. The molecule has 2 unspecified atom stereocenters. The van der Waals surface area contributed by atoms with Crippen molar-refractivity contribution in [1.82, 2.24) is 0 Å². The summed E-state index contributed by atoms with van der Waals surface area (Å²) in [5, 5.41) is 30.1. The van der Waals surface area contributed by atoms with Crippen LogP contribution >= 0.6 is 11.6 Å². The van der Waals surface area contributed by atoms with Crippen molar-refractivity contribution in [3.8, 4) is 0 Å². The number of hydrogen-bond acceptors (Lipinski definition) is 3. The van der Waals surface area contributed by atoms with E-state index in [0.717, 1.165) is 62.0 Å². The van der Waals surface area contributed by atoms with Gasteiger partial charge in [0, 0.05) is 17.7 Å². The Hall–Kier alpha value is -1.10. The number of rotatable bonds is 12. The van der Waals surface area contributed by atoms with Gasteiger partial charge in [-0.15, -0.1) is 11.6 Å². The minimum absolute atomic E-state index is 0.0324. The number of alkyl halides is 1. The number of aliphatic carboxylic acids is 1. The molecule has 0 aliphatic heterocycles. The maximum Gasteiger partial charge on any atom is 0.303 e. The van der Waals surface area contributed by atoms with Crippen molar-refractivity contribution in [3.63, 3.8) is 0 Å². The quantitative estimate of drug-likeness (QED) is 0.241. The molecule has 180 valence electrons. The molecule has 0 amide bonds. The lowest BCUT2D eigenvalue weighted by molar-refractivity contribution is -0.137. The Balaban J connectivity index is 1.50. The fourth-order valence-electron chi connectivity index (χ4n) is 5.88. The molecule has 2 aliphatic carbocycles. The summed E-state index contributed by atoms with van der Waals surface area (Å²) in [4.78, 5) is 10.6. The zero-order valence-corrected chi connectivity index (χ0v) is 20.1. The van der Waals surface area contributed by atoms with Gasteiger partial charge in [-0.1, -0.05) is 75.6 Å². The smallest absolute Gasteiger partial charge is 0.303 e. The molecule has 0 spiro atoms. The zero-order valence-electron chi connectivity index (χ0n) is 19.3. The molecule has 1 aromatic carbocycles. The van der Waals surface area contributed by atoms with Crippen molar-refractivity contribution in [1.29, 1.82) is 0 Å². The van der Waals surface area contributed by atoms with E-state index in [9.17, 15) is 15.0 Å². The van der Waals surface area contributed by atoms with Gasteiger partial charge in [0.1, 0.15) is 0 Å². The highest BCUT2D eigenvalue weighted by Crippen LogP contribution is 2.45. The Labute approximate surface area is 198 Å². The molecule has 5 heteroatoms. The monoisotopic (exact) mass is 464 g/mol. The zero-order chi connectivity index (χ0) is 22.9. The third kappa shape index (κ3) is 7.46. The number of halogens is 1. The maximum atomic E-state index is 10.7. The largest absolute Gasteiger partial charge is 0.481 e. The SMILES string of the molecule is O=C(O)CCCCCC[C@H]1[C@H](Cl)CC(O)[C@@H]1c1ccc(C(O)CCC2CCCCC2)cc1. The fraction of sp³-hybridized carbons (Fsp3) is 0.741. The van der Waals surface area contributed by atoms with Crippen LogP contribution in [0.3, 0.4) is 0 Å². The highest BCUT2D eigenvalue weighted by Gasteiger charge is 2.41. The standard InChI is InChI=1S/C27H41ClO4/c28-23-18-25(30)27(22(23)10-6-1-2-7-11-26(31)32)21-15-13-20(14-16-21)24(29)17-12-19-8-4-3-5-9-19/h13-16,19,22-25,27,29-30H,1-12,17-18H2,(H,31,32)/t22-,23+,24?,25?,27+/m0/s1. The van der Waals surface area contributed by atoms with Crippen molar-refractivity contribution in [2.75, 3.05) is 0 Å². The second-order valence-corrected chi connectivity index (χ2v) is 10.7. The molecular formula is C27H41ClO4. The van der Waals surface area contributed by atoms with Crippen LogP contribution in [-0.4, -0.2) is 32.8 Å². The topological polar surface area (TPSA) is 77.8 Å². The van der Waals surface area contributed by atoms with Gasteiger partial charge in [-0.2, -0.15) is 0 Å². The minimum Gasteiger partial charge on any atom is -0.481 e. The van der Waals surface area contributed by atoms with E-state index in [-0.39, 0.29) is 23.6 Å². The summed E-state index contributed by atoms with van der Waals surface area (Å²) in [5.41, 5.74) is 2.08. The number of carbonyl (C=O) groups is 1. The van der Waals surface area contributed by atoms with E-state index in [0.29, 0.717) is 6.42 Å². The lowest BCUT2D eigenvalue weighted by Crippen LogP contribution is -2.19. The molecule has 3 N–H and O–H groups in total. The number of benzene rings is 1. The molecule has 2 aliphatic rings. The average molecular weight is 465 g/mol. The predicted molar refractivity (Wildman–Crippen MR) is 129 cm³/mol. The summed E-state index contributed by atoms with van der Waals surface area (Å²) in [6.07, 6.45) is 13.2. The first kappa shape index (κ1) is 25.5. The van der Waals surface area contributed by atoms with Gasteiger partial charge in [0.15, 0.2) is 0 Å². The molecule has 2 saturated carbocycles. The summed E-state index contributed by atoms with van der Waals surface area (Å²) >= 11 is 6.62. The second kappa shape index (κ2) is 13.0. The highest BCUT2D eigenvalue weighted by atomic mass is 35.5. The Bertz CT molecular complexity index is 685. The van der Waals surface area contributed by atoms with Crippen LogP contribution in [0, 0.1) is 11.8 Å². The Morgan fingerprint density at radius 1 is 1.00 bits per heavy atom. The first-order valence-corrected chi connectivity index (χ1v) is 13.2. The van der Waals surface area contributed by atoms with E-state index in [1.54, 1.807) is 0 Å². The molecule has 1 aromatic rings. The van der Waals surface area contributed by atoms with Crippen LogP contribution in [-0.2, 0) is 4.79 Å². The van der Waals surface area contributed by atoms with E-state index < -0.39 is 18.2 Å². The normalized spacial score (nSPS) is 27.5. The number of hydrogen-bond donors (Lipinski definition) is 3. The molecule has 0 saturated heterocycles. The van der Waals surface area contributed by atoms with Crippen LogP contribution < -0.4 is 0 Å². The number of aliphatic hydroxyl groups is 2. The minimum atomic E-state index is -0.729. The van der Waals surface area contributed by atoms with Crippen molar-refractivity contribution in [2.24, 2.45) is 11.8 Å². The van der Waals surface area contributed by atoms with Gasteiger partial charge in [0.05, 0.1) is 12.2 Å². The van der Waals surface area contributed by atoms with Crippen LogP contribution in [0.15, 0.2) is 24.3 Å². The van der Waals surface area contributed by atoms with Gasteiger partial charge in [-0.3, -0.25) is 4.79 Å². The summed E-state index contributed by atoms with van der Waals surface area (Å²) in [5.74, 6) is 0.308. The lowest BCUT2D eigenvalue weighted by atomic mass is 9.83. The van der Waals surface area contributed by atoms with Crippen LogP contribution in [0.5, 0.6) is 0 Å². The summed E-state index contributed by atoms with van der Waals surface area (Å²) in [7, 11) is 0. The number of carboxylic acid groups (broad SMARTS) is 1. The molecule has 0 bridgehead atoms. The first-order chi connectivity index (χ1) is 15.5. The van der Waals surface area contributed by atoms with Gasteiger partial charge in [-0.25, -0.2) is 0 Å². The molecule has 2 fully saturated rings. The summed E-state index contributed by atoms with van der Waals surface area (Å²) in [6.45, 7) is 0. The van der Waals surface area contributed by atoms with E-state index in [4.69, 9.17) is 16.7 Å². The number of unbranched alkanes of at least 4 members (excludes halogenated alkanes) is 3. The molecule has 32 heavy (non-hydrogen) atoms. The first-order valence-electron chi connectivity index (χ1n) is 12.8. The van der Waals surface area contributed by atoms with E-state index >= 15 is 0 Å².